The highest BCUT2D eigenvalue weighted by Gasteiger charge is 2.22. The predicted molar refractivity (Wildman–Crippen MR) is 60.7 cm³/mol. The van der Waals surface area contributed by atoms with Crippen molar-refractivity contribution in [1.29, 1.82) is 0 Å². The lowest BCUT2D eigenvalue weighted by Gasteiger charge is -2.12. The fourth-order valence-corrected chi connectivity index (χ4v) is 2.15. The first-order valence-corrected chi connectivity index (χ1v) is 5.69. The molecule has 2 aromatic heterocycles. The van der Waals surface area contributed by atoms with Crippen LogP contribution in [0.15, 0.2) is 16.9 Å². The smallest absolute Gasteiger partial charge is 0.154 e. The summed E-state index contributed by atoms with van der Waals surface area (Å²) in [6.07, 6.45) is 0.886. The quantitative estimate of drug-likeness (QED) is 0.909. The molecule has 0 spiro atoms. The number of halogens is 1. The summed E-state index contributed by atoms with van der Waals surface area (Å²) < 4.78 is 3.83. The summed E-state index contributed by atoms with van der Waals surface area (Å²) in [7, 11) is 1.74. The Kier molecular flexibility index (Phi) is 3.06. The molecule has 0 amide bonds. The third kappa shape index (κ3) is 1.76. The number of aryl methyl sites for hydroxylation is 2. The molecule has 16 heavy (non-hydrogen) atoms. The standard InChI is InChI=1S/C9H12BrN5O/c1-3-15-6(4-5-11-15)8(16)7-9(10)12-13-14(7)2/h4-5,8,16H,3H2,1-2H3. The molecule has 2 heterocycles. The third-order valence-electron chi connectivity index (χ3n) is 2.41. The van der Waals surface area contributed by atoms with Crippen LogP contribution in [-0.4, -0.2) is 29.9 Å². The second kappa shape index (κ2) is 4.34. The summed E-state index contributed by atoms with van der Waals surface area (Å²) in [5.74, 6) is 0. The summed E-state index contributed by atoms with van der Waals surface area (Å²) in [4.78, 5) is 0. The lowest BCUT2D eigenvalue weighted by atomic mass is 10.2. The van der Waals surface area contributed by atoms with E-state index in [0.717, 1.165) is 5.69 Å². The second-order valence-electron chi connectivity index (χ2n) is 3.36. The van der Waals surface area contributed by atoms with E-state index >= 15 is 0 Å². The van der Waals surface area contributed by atoms with Crippen molar-refractivity contribution in [2.45, 2.75) is 19.6 Å². The number of rotatable bonds is 3. The zero-order valence-corrected chi connectivity index (χ0v) is 10.6. The van der Waals surface area contributed by atoms with Crippen LogP contribution in [0.5, 0.6) is 0 Å². The molecule has 0 aliphatic carbocycles. The van der Waals surface area contributed by atoms with Gasteiger partial charge in [-0.25, -0.2) is 4.68 Å². The van der Waals surface area contributed by atoms with E-state index in [4.69, 9.17) is 0 Å². The first kappa shape index (κ1) is 11.3. The van der Waals surface area contributed by atoms with Gasteiger partial charge in [0, 0.05) is 19.8 Å². The van der Waals surface area contributed by atoms with Crippen LogP contribution in [0.4, 0.5) is 0 Å². The molecule has 0 aromatic carbocycles. The number of hydrogen-bond donors (Lipinski definition) is 1. The lowest BCUT2D eigenvalue weighted by molar-refractivity contribution is 0.197. The number of aromatic nitrogens is 5. The highest BCUT2D eigenvalue weighted by molar-refractivity contribution is 9.10. The summed E-state index contributed by atoms with van der Waals surface area (Å²) >= 11 is 3.27. The summed E-state index contributed by atoms with van der Waals surface area (Å²) in [6.45, 7) is 2.68. The van der Waals surface area contributed by atoms with E-state index in [1.807, 2.05) is 6.92 Å². The average Bonchev–Trinajstić information content (AvgIpc) is 2.85. The van der Waals surface area contributed by atoms with Gasteiger partial charge in [0.25, 0.3) is 0 Å². The van der Waals surface area contributed by atoms with Crippen LogP contribution in [0.2, 0.25) is 0 Å². The Hall–Kier alpha value is -1.21. The summed E-state index contributed by atoms with van der Waals surface area (Å²) in [6, 6.07) is 1.79. The van der Waals surface area contributed by atoms with Gasteiger partial charge in [-0.1, -0.05) is 5.21 Å². The molecular formula is C9H12BrN5O. The van der Waals surface area contributed by atoms with Gasteiger partial charge in [-0.3, -0.25) is 4.68 Å². The molecule has 1 unspecified atom stereocenters. The van der Waals surface area contributed by atoms with Gasteiger partial charge in [-0.05, 0) is 28.9 Å². The lowest BCUT2D eigenvalue weighted by Crippen LogP contribution is -2.12. The molecule has 0 bridgehead atoms. The van der Waals surface area contributed by atoms with Crippen molar-refractivity contribution in [3.05, 3.63) is 28.3 Å². The molecule has 1 atom stereocenters. The van der Waals surface area contributed by atoms with Gasteiger partial charge < -0.3 is 5.11 Å². The molecule has 0 fully saturated rings. The molecule has 0 aliphatic heterocycles. The fourth-order valence-electron chi connectivity index (χ4n) is 1.61. The van der Waals surface area contributed by atoms with Crippen LogP contribution in [0, 0.1) is 0 Å². The molecule has 7 heteroatoms. The number of aliphatic hydroxyl groups excluding tert-OH is 1. The van der Waals surface area contributed by atoms with E-state index in [0.29, 0.717) is 16.8 Å². The fraction of sp³-hybridized carbons (Fsp3) is 0.444. The van der Waals surface area contributed by atoms with Crippen molar-refractivity contribution in [3.63, 3.8) is 0 Å². The topological polar surface area (TPSA) is 68.8 Å². The molecule has 1 N–H and O–H groups in total. The van der Waals surface area contributed by atoms with Crippen LogP contribution in [-0.2, 0) is 13.6 Å². The average molecular weight is 286 g/mol. The minimum Gasteiger partial charge on any atom is -0.380 e. The van der Waals surface area contributed by atoms with E-state index in [-0.39, 0.29) is 0 Å². The van der Waals surface area contributed by atoms with Crippen molar-refractivity contribution in [3.8, 4) is 0 Å². The Bertz CT molecular complexity index is 472. The van der Waals surface area contributed by atoms with Crippen molar-refractivity contribution >= 4 is 15.9 Å². The van der Waals surface area contributed by atoms with E-state index in [2.05, 4.69) is 31.3 Å². The first-order valence-electron chi connectivity index (χ1n) is 4.90. The Morgan fingerprint density at radius 1 is 1.56 bits per heavy atom. The van der Waals surface area contributed by atoms with Gasteiger partial charge in [0.1, 0.15) is 11.8 Å². The normalized spacial score (nSPS) is 13.0. The molecule has 0 saturated carbocycles. The maximum absolute atomic E-state index is 10.3. The van der Waals surface area contributed by atoms with Gasteiger partial charge in [0.2, 0.25) is 0 Å². The van der Waals surface area contributed by atoms with Gasteiger partial charge in [0.05, 0.1) is 5.69 Å². The minimum absolute atomic E-state index is 0.548. The van der Waals surface area contributed by atoms with Crippen LogP contribution in [0.25, 0.3) is 0 Å². The van der Waals surface area contributed by atoms with Gasteiger partial charge in [-0.15, -0.1) is 5.10 Å². The molecule has 86 valence electrons. The highest BCUT2D eigenvalue weighted by atomic mass is 79.9. The number of aliphatic hydroxyl groups is 1. The molecule has 0 aliphatic rings. The SMILES string of the molecule is CCn1nccc1C(O)c1c(Br)nnn1C. The number of nitrogens with zero attached hydrogens (tertiary/aromatic N) is 5. The zero-order valence-electron chi connectivity index (χ0n) is 9.00. The van der Waals surface area contributed by atoms with Crippen molar-refractivity contribution < 1.29 is 5.11 Å². The summed E-state index contributed by atoms with van der Waals surface area (Å²) in [5.41, 5.74) is 1.35. The van der Waals surface area contributed by atoms with Gasteiger partial charge >= 0.3 is 0 Å². The van der Waals surface area contributed by atoms with E-state index < -0.39 is 6.10 Å². The van der Waals surface area contributed by atoms with E-state index in [9.17, 15) is 5.11 Å². The Morgan fingerprint density at radius 2 is 2.31 bits per heavy atom. The maximum Gasteiger partial charge on any atom is 0.154 e. The van der Waals surface area contributed by atoms with E-state index in [1.165, 1.54) is 0 Å². The second-order valence-corrected chi connectivity index (χ2v) is 4.11. The van der Waals surface area contributed by atoms with Crippen LogP contribution in [0.3, 0.4) is 0 Å². The van der Waals surface area contributed by atoms with Crippen LogP contribution >= 0.6 is 15.9 Å². The van der Waals surface area contributed by atoms with E-state index in [1.54, 1.807) is 28.7 Å². The van der Waals surface area contributed by atoms with Crippen LogP contribution < -0.4 is 0 Å². The molecule has 0 radical (unpaired) electrons. The molecule has 0 saturated heterocycles. The minimum atomic E-state index is -0.781. The predicted octanol–water partition coefficient (Wildman–Crippen LogP) is 0.876. The Labute approximate surface area is 101 Å². The van der Waals surface area contributed by atoms with Crippen molar-refractivity contribution in [2.24, 2.45) is 7.05 Å². The Balaban J connectivity index is 2.43. The van der Waals surface area contributed by atoms with Gasteiger partial charge in [-0.2, -0.15) is 5.10 Å². The Morgan fingerprint density at radius 3 is 2.88 bits per heavy atom. The monoisotopic (exact) mass is 285 g/mol. The zero-order chi connectivity index (χ0) is 11.7. The third-order valence-corrected chi connectivity index (χ3v) is 2.98. The largest absolute Gasteiger partial charge is 0.380 e. The maximum atomic E-state index is 10.3. The van der Waals surface area contributed by atoms with Gasteiger partial charge in [0.15, 0.2) is 4.60 Å². The number of hydrogen-bond acceptors (Lipinski definition) is 4. The first-order chi connectivity index (χ1) is 7.65. The molecular weight excluding hydrogens is 274 g/mol. The molecule has 2 aromatic rings. The molecule has 2 rings (SSSR count). The summed E-state index contributed by atoms with van der Waals surface area (Å²) in [5, 5.41) is 22.0. The van der Waals surface area contributed by atoms with Crippen LogP contribution in [0.1, 0.15) is 24.4 Å². The molecule has 6 nitrogen and oxygen atoms in total. The highest BCUT2D eigenvalue weighted by Crippen LogP contribution is 2.26. The van der Waals surface area contributed by atoms with Crippen molar-refractivity contribution in [1.82, 2.24) is 24.8 Å². The van der Waals surface area contributed by atoms with Crippen molar-refractivity contribution in [2.75, 3.05) is 0 Å².